The molecule has 1 saturated heterocycles. The van der Waals surface area contributed by atoms with E-state index in [2.05, 4.69) is 0 Å². The summed E-state index contributed by atoms with van der Waals surface area (Å²) >= 11 is 0. The normalized spacial score (nSPS) is 15.5. The van der Waals surface area contributed by atoms with Crippen molar-refractivity contribution >= 4 is 15.9 Å². The van der Waals surface area contributed by atoms with Gasteiger partial charge in [-0.05, 0) is 36.4 Å². The summed E-state index contributed by atoms with van der Waals surface area (Å²) in [5.74, 6) is -0.413. The Hall–Kier alpha value is -2.79. The number of hydrogen-bond acceptors (Lipinski definition) is 5. The fraction of sp³-hybridized carbons (Fsp3) is 0.350. The summed E-state index contributed by atoms with van der Waals surface area (Å²) in [6.07, 6.45) is -4.60. The minimum absolute atomic E-state index is 0.0687. The second-order valence-corrected chi connectivity index (χ2v) is 8.68. The van der Waals surface area contributed by atoms with Crippen molar-refractivity contribution in [2.24, 2.45) is 0 Å². The molecule has 3 rings (SSSR count). The number of ether oxygens (including phenoxy) is 2. The van der Waals surface area contributed by atoms with Gasteiger partial charge in [0.1, 0.15) is 11.5 Å². The van der Waals surface area contributed by atoms with E-state index < -0.39 is 40.0 Å². The molecular weight excluding hydrogens is 437 g/mol. The smallest absolute Gasteiger partial charge is 0.419 e. The van der Waals surface area contributed by atoms with Crippen molar-refractivity contribution in [3.05, 3.63) is 54.1 Å². The lowest BCUT2D eigenvalue weighted by Crippen LogP contribution is -2.51. The highest BCUT2D eigenvalue weighted by molar-refractivity contribution is 7.89. The van der Waals surface area contributed by atoms with Crippen molar-refractivity contribution in [3.63, 3.8) is 0 Å². The Morgan fingerprint density at radius 1 is 1.00 bits per heavy atom. The van der Waals surface area contributed by atoms with Crippen LogP contribution in [0.1, 0.15) is 5.56 Å². The van der Waals surface area contributed by atoms with E-state index in [1.807, 2.05) is 0 Å². The molecule has 0 atom stereocenters. The van der Waals surface area contributed by atoms with Crippen LogP contribution >= 0.6 is 0 Å². The topological polar surface area (TPSA) is 76.2 Å². The number of alkyl halides is 3. The summed E-state index contributed by atoms with van der Waals surface area (Å²) in [7, 11) is -2.25. The molecule has 0 saturated carbocycles. The summed E-state index contributed by atoms with van der Waals surface area (Å²) in [6.45, 7) is -0.214. The van der Waals surface area contributed by atoms with E-state index in [1.54, 1.807) is 12.1 Å². The fourth-order valence-corrected chi connectivity index (χ4v) is 4.55. The van der Waals surface area contributed by atoms with Crippen molar-refractivity contribution in [1.29, 1.82) is 0 Å². The van der Waals surface area contributed by atoms with Gasteiger partial charge in [-0.2, -0.15) is 17.5 Å². The molecule has 1 aliphatic heterocycles. The van der Waals surface area contributed by atoms with Crippen LogP contribution in [0.15, 0.2) is 53.4 Å². The first-order valence-corrected chi connectivity index (χ1v) is 10.8. The lowest BCUT2D eigenvalue weighted by Gasteiger charge is -2.34. The van der Waals surface area contributed by atoms with E-state index in [0.717, 1.165) is 12.1 Å². The molecule has 2 aromatic rings. The summed E-state index contributed by atoms with van der Waals surface area (Å²) in [5, 5.41) is 0. The van der Waals surface area contributed by atoms with E-state index in [4.69, 9.17) is 9.47 Å². The summed E-state index contributed by atoms with van der Waals surface area (Å²) < 4.78 is 76.0. The molecule has 0 N–H and O–H groups in total. The molecule has 0 unspecified atom stereocenters. The minimum atomic E-state index is -4.60. The minimum Gasteiger partial charge on any atom is -0.497 e. The van der Waals surface area contributed by atoms with Crippen LogP contribution in [0, 0.1) is 0 Å². The van der Waals surface area contributed by atoms with Crippen molar-refractivity contribution in [2.45, 2.75) is 11.1 Å². The number of carbonyl (C=O) groups excluding carboxylic acids is 1. The van der Waals surface area contributed by atoms with E-state index in [0.29, 0.717) is 5.75 Å². The number of carbonyl (C=O) groups is 1. The number of amides is 1. The molecule has 0 radical (unpaired) electrons. The van der Waals surface area contributed by atoms with Crippen molar-refractivity contribution in [3.8, 4) is 11.5 Å². The molecule has 0 aromatic heterocycles. The Morgan fingerprint density at radius 2 is 1.61 bits per heavy atom. The lowest BCUT2D eigenvalue weighted by atomic mass is 10.2. The molecule has 168 valence electrons. The lowest BCUT2D eigenvalue weighted by molar-refractivity contribution is -0.141. The first kappa shape index (κ1) is 22.9. The number of piperazine rings is 1. The number of methoxy groups -OCH3 is 1. The predicted octanol–water partition coefficient (Wildman–Crippen LogP) is 2.63. The Balaban J connectivity index is 1.58. The van der Waals surface area contributed by atoms with Gasteiger partial charge in [0.15, 0.2) is 6.61 Å². The Kier molecular flexibility index (Phi) is 6.75. The third-order valence-corrected chi connectivity index (χ3v) is 6.75. The third kappa shape index (κ3) is 5.28. The van der Waals surface area contributed by atoms with Crippen LogP contribution in [-0.2, 0) is 21.0 Å². The van der Waals surface area contributed by atoms with E-state index in [1.165, 1.54) is 40.6 Å². The molecule has 1 heterocycles. The molecular formula is C20H21F3N2O5S. The van der Waals surface area contributed by atoms with Gasteiger partial charge in [0.25, 0.3) is 5.91 Å². The third-order valence-electron chi connectivity index (χ3n) is 4.83. The SMILES string of the molecule is COc1ccc(S(=O)(=O)N2CCN(C(=O)COc3ccccc3C(F)(F)F)CC2)cc1. The standard InChI is InChI=1S/C20H21F3N2O5S/c1-29-15-6-8-16(9-7-15)31(27,28)25-12-10-24(11-13-25)19(26)14-30-18-5-3-2-4-17(18)20(21,22)23/h2-9H,10-14H2,1H3. The second-order valence-electron chi connectivity index (χ2n) is 6.74. The van der Waals surface area contributed by atoms with Crippen LogP contribution in [0.4, 0.5) is 13.2 Å². The second kappa shape index (κ2) is 9.15. The summed E-state index contributed by atoms with van der Waals surface area (Å²) in [4.78, 5) is 13.8. The molecule has 1 amide bonds. The maximum absolute atomic E-state index is 13.0. The molecule has 0 bridgehead atoms. The van der Waals surface area contributed by atoms with Crippen molar-refractivity contribution in [2.75, 3.05) is 39.9 Å². The Labute approximate surface area is 178 Å². The molecule has 7 nitrogen and oxygen atoms in total. The Morgan fingerprint density at radius 3 is 2.19 bits per heavy atom. The van der Waals surface area contributed by atoms with Gasteiger partial charge in [-0.25, -0.2) is 8.42 Å². The van der Waals surface area contributed by atoms with Gasteiger partial charge in [0.2, 0.25) is 10.0 Å². The summed E-state index contributed by atoms with van der Waals surface area (Å²) in [6, 6.07) is 10.6. The largest absolute Gasteiger partial charge is 0.497 e. The van der Waals surface area contributed by atoms with E-state index >= 15 is 0 Å². The van der Waals surface area contributed by atoms with Gasteiger partial charge in [-0.1, -0.05) is 12.1 Å². The highest BCUT2D eigenvalue weighted by atomic mass is 32.2. The zero-order valence-electron chi connectivity index (χ0n) is 16.6. The number of benzene rings is 2. The number of rotatable bonds is 6. The van der Waals surface area contributed by atoms with Crippen molar-refractivity contribution < 1.29 is 35.9 Å². The highest BCUT2D eigenvalue weighted by Crippen LogP contribution is 2.35. The van der Waals surface area contributed by atoms with Crippen LogP contribution in [0.3, 0.4) is 0 Å². The average Bonchev–Trinajstić information content (AvgIpc) is 2.77. The highest BCUT2D eigenvalue weighted by Gasteiger charge is 2.35. The fourth-order valence-electron chi connectivity index (χ4n) is 3.13. The van der Waals surface area contributed by atoms with E-state index in [-0.39, 0.29) is 31.1 Å². The quantitative estimate of drug-likeness (QED) is 0.665. The number of nitrogens with zero attached hydrogens (tertiary/aromatic N) is 2. The van der Waals surface area contributed by atoms with Crippen LogP contribution in [0.25, 0.3) is 0 Å². The first-order valence-electron chi connectivity index (χ1n) is 9.34. The summed E-state index contributed by atoms with van der Waals surface area (Å²) in [5.41, 5.74) is -0.960. The van der Waals surface area contributed by atoms with Crippen LogP contribution < -0.4 is 9.47 Å². The number of para-hydroxylation sites is 1. The number of sulfonamides is 1. The molecule has 2 aromatic carbocycles. The monoisotopic (exact) mass is 458 g/mol. The molecule has 0 spiro atoms. The van der Waals surface area contributed by atoms with Gasteiger partial charge in [0.05, 0.1) is 17.6 Å². The molecule has 11 heteroatoms. The van der Waals surface area contributed by atoms with Crippen LogP contribution in [-0.4, -0.2) is 63.4 Å². The zero-order chi connectivity index (χ0) is 22.6. The van der Waals surface area contributed by atoms with Gasteiger partial charge < -0.3 is 14.4 Å². The van der Waals surface area contributed by atoms with Gasteiger partial charge >= 0.3 is 6.18 Å². The predicted molar refractivity (Wildman–Crippen MR) is 105 cm³/mol. The average molecular weight is 458 g/mol. The first-order chi connectivity index (χ1) is 14.6. The number of hydrogen-bond donors (Lipinski definition) is 0. The molecule has 1 fully saturated rings. The van der Waals surface area contributed by atoms with Gasteiger partial charge in [-0.3, -0.25) is 4.79 Å². The zero-order valence-corrected chi connectivity index (χ0v) is 17.4. The Bertz CT molecular complexity index is 1020. The van der Waals surface area contributed by atoms with Gasteiger partial charge in [-0.15, -0.1) is 0 Å². The number of halogens is 3. The maximum Gasteiger partial charge on any atom is 0.419 e. The maximum atomic E-state index is 13.0. The molecule has 31 heavy (non-hydrogen) atoms. The van der Waals surface area contributed by atoms with Crippen molar-refractivity contribution in [1.82, 2.24) is 9.21 Å². The van der Waals surface area contributed by atoms with E-state index in [9.17, 15) is 26.4 Å². The van der Waals surface area contributed by atoms with Gasteiger partial charge in [0, 0.05) is 26.2 Å². The van der Waals surface area contributed by atoms with Crippen LogP contribution in [0.5, 0.6) is 11.5 Å². The molecule has 0 aliphatic carbocycles. The van der Waals surface area contributed by atoms with Crippen LogP contribution in [0.2, 0.25) is 0 Å². The molecule has 1 aliphatic rings.